The van der Waals surface area contributed by atoms with Gasteiger partial charge in [-0.05, 0) is 11.1 Å². The fraction of sp³-hybridized carbons (Fsp3) is 0.263. The summed E-state index contributed by atoms with van der Waals surface area (Å²) in [4.78, 5) is 27.7. The summed E-state index contributed by atoms with van der Waals surface area (Å²) in [6.45, 7) is 1.99. The largest absolute Gasteiger partial charge is 0.480 e. The Hall–Kier alpha value is -2.66. The molecule has 1 atom stereocenters. The zero-order valence-electron chi connectivity index (χ0n) is 13.3. The maximum absolute atomic E-state index is 12.7. The Bertz CT molecular complexity index is 703. The zero-order valence-corrected chi connectivity index (χ0v) is 13.3. The number of aliphatic carboxylic acids is 1. The molecule has 24 heavy (non-hydrogen) atoms. The highest BCUT2D eigenvalue weighted by Gasteiger charge is 2.39. The summed E-state index contributed by atoms with van der Waals surface area (Å²) in [6, 6.07) is 18.2. The molecular formula is C19H20N2O3. The lowest BCUT2D eigenvalue weighted by molar-refractivity contribution is -0.158. The molecule has 0 bridgehead atoms. The van der Waals surface area contributed by atoms with E-state index in [0.29, 0.717) is 26.2 Å². The number of carbonyl (C=O) groups excluding carboxylic acids is 1. The first-order valence-electron chi connectivity index (χ1n) is 7.98. The molecule has 3 rings (SSSR count). The zero-order chi connectivity index (χ0) is 16.9. The highest BCUT2D eigenvalue weighted by molar-refractivity contribution is 6.01. The van der Waals surface area contributed by atoms with Crippen molar-refractivity contribution in [2.45, 2.75) is 19.1 Å². The number of carboxylic acids is 1. The van der Waals surface area contributed by atoms with Crippen LogP contribution >= 0.6 is 0 Å². The van der Waals surface area contributed by atoms with Gasteiger partial charge in [-0.25, -0.2) is 4.79 Å². The van der Waals surface area contributed by atoms with Gasteiger partial charge < -0.3 is 10.0 Å². The number of benzene rings is 2. The van der Waals surface area contributed by atoms with Crippen LogP contribution in [0.3, 0.4) is 0 Å². The summed E-state index contributed by atoms with van der Waals surface area (Å²) < 4.78 is 0. The van der Waals surface area contributed by atoms with Crippen molar-refractivity contribution in [3.63, 3.8) is 0 Å². The molecule has 1 heterocycles. The molecule has 1 unspecified atom stereocenters. The first kappa shape index (κ1) is 16.2. The molecule has 1 fully saturated rings. The van der Waals surface area contributed by atoms with Crippen LogP contribution in [0.25, 0.3) is 0 Å². The van der Waals surface area contributed by atoms with E-state index < -0.39 is 12.0 Å². The lowest BCUT2D eigenvalue weighted by Gasteiger charge is -2.38. The van der Waals surface area contributed by atoms with E-state index in [2.05, 4.69) is 0 Å². The molecule has 2 aromatic carbocycles. The van der Waals surface area contributed by atoms with Gasteiger partial charge in [-0.1, -0.05) is 60.7 Å². The molecule has 0 aromatic heterocycles. The SMILES string of the molecule is O=C(O)C1C(=O)N(Cc2ccccc2)CCN1Cc1ccccc1. The third-order valence-electron chi connectivity index (χ3n) is 4.25. The average molecular weight is 324 g/mol. The third kappa shape index (κ3) is 3.63. The molecule has 124 valence electrons. The average Bonchev–Trinajstić information content (AvgIpc) is 2.59. The van der Waals surface area contributed by atoms with Crippen molar-refractivity contribution in [3.8, 4) is 0 Å². The van der Waals surface area contributed by atoms with Gasteiger partial charge in [-0.3, -0.25) is 9.69 Å². The second-order valence-corrected chi connectivity index (χ2v) is 5.94. The number of hydrogen-bond donors (Lipinski definition) is 1. The number of carboxylic acid groups (broad SMARTS) is 1. The molecule has 0 saturated carbocycles. The van der Waals surface area contributed by atoms with E-state index >= 15 is 0 Å². The number of piperazine rings is 1. The van der Waals surface area contributed by atoms with Gasteiger partial charge in [-0.15, -0.1) is 0 Å². The molecule has 0 radical (unpaired) electrons. The van der Waals surface area contributed by atoms with E-state index in [-0.39, 0.29) is 5.91 Å². The Morgan fingerprint density at radius 3 is 2.00 bits per heavy atom. The third-order valence-corrected chi connectivity index (χ3v) is 4.25. The molecule has 1 amide bonds. The van der Waals surface area contributed by atoms with Crippen molar-refractivity contribution in [1.29, 1.82) is 0 Å². The van der Waals surface area contributed by atoms with Gasteiger partial charge in [0.15, 0.2) is 6.04 Å². The van der Waals surface area contributed by atoms with Crippen molar-refractivity contribution in [2.24, 2.45) is 0 Å². The Labute approximate surface area is 141 Å². The monoisotopic (exact) mass is 324 g/mol. The van der Waals surface area contributed by atoms with Crippen LogP contribution < -0.4 is 0 Å². The van der Waals surface area contributed by atoms with Gasteiger partial charge in [0.05, 0.1) is 0 Å². The summed E-state index contributed by atoms with van der Waals surface area (Å²) in [7, 11) is 0. The second-order valence-electron chi connectivity index (χ2n) is 5.94. The predicted octanol–water partition coefficient (Wildman–Crippen LogP) is 1.98. The minimum Gasteiger partial charge on any atom is -0.480 e. The smallest absolute Gasteiger partial charge is 0.330 e. The van der Waals surface area contributed by atoms with Gasteiger partial charge in [0, 0.05) is 26.2 Å². The van der Waals surface area contributed by atoms with E-state index in [1.165, 1.54) is 0 Å². The van der Waals surface area contributed by atoms with Crippen LogP contribution in [0.15, 0.2) is 60.7 Å². The van der Waals surface area contributed by atoms with Crippen molar-refractivity contribution < 1.29 is 14.7 Å². The Kier molecular flexibility index (Phi) is 4.91. The highest BCUT2D eigenvalue weighted by atomic mass is 16.4. The van der Waals surface area contributed by atoms with Crippen LogP contribution in [0.1, 0.15) is 11.1 Å². The van der Waals surface area contributed by atoms with Gasteiger partial charge in [-0.2, -0.15) is 0 Å². The number of nitrogens with zero attached hydrogens (tertiary/aromatic N) is 2. The first-order chi connectivity index (χ1) is 11.6. The number of carbonyl (C=O) groups is 2. The number of rotatable bonds is 5. The van der Waals surface area contributed by atoms with Crippen LogP contribution in [0.5, 0.6) is 0 Å². The molecular weight excluding hydrogens is 304 g/mol. The number of hydrogen-bond acceptors (Lipinski definition) is 3. The minimum absolute atomic E-state index is 0.339. The quantitative estimate of drug-likeness (QED) is 0.855. The Balaban J connectivity index is 1.74. The molecule has 0 spiro atoms. The van der Waals surface area contributed by atoms with Gasteiger partial charge in [0.1, 0.15) is 0 Å². The van der Waals surface area contributed by atoms with Gasteiger partial charge >= 0.3 is 5.97 Å². The van der Waals surface area contributed by atoms with Crippen molar-refractivity contribution in [3.05, 3.63) is 71.8 Å². The predicted molar refractivity (Wildman–Crippen MR) is 90.1 cm³/mol. The molecule has 5 nitrogen and oxygen atoms in total. The van der Waals surface area contributed by atoms with Crippen LogP contribution in [0.4, 0.5) is 0 Å². The fourth-order valence-electron chi connectivity index (χ4n) is 3.03. The van der Waals surface area contributed by atoms with E-state index in [9.17, 15) is 14.7 Å². The topological polar surface area (TPSA) is 60.9 Å². The van der Waals surface area contributed by atoms with Crippen LogP contribution in [-0.4, -0.2) is 45.9 Å². The molecule has 1 saturated heterocycles. The highest BCUT2D eigenvalue weighted by Crippen LogP contribution is 2.18. The van der Waals surface area contributed by atoms with Crippen molar-refractivity contribution >= 4 is 11.9 Å². The normalized spacial score (nSPS) is 18.6. The maximum atomic E-state index is 12.7. The maximum Gasteiger partial charge on any atom is 0.330 e. The van der Waals surface area contributed by atoms with Crippen LogP contribution in [0, 0.1) is 0 Å². The van der Waals surface area contributed by atoms with E-state index in [0.717, 1.165) is 11.1 Å². The first-order valence-corrected chi connectivity index (χ1v) is 7.98. The molecule has 1 N–H and O–H groups in total. The molecule has 1 aliphatic rings. The molecule has 1 aliphatic heterocycles. The molecule has 0 aliphatic carbocycles. The standard InChI is InChI=1S/C19H20N2O3/c22-18-17(19(23)24)20(13-15-7-3-1-4-8-15)11-12-21(18)14-16-9-5-2-6-10-16/h1-10,17H,11-14H2,(H,23,24). The van der Waals surface area contributed by atoms with Gasteiger partial charge in [0.25, 0.3) is 5.91 Å². The van der Waals surface area contributed by atoms with E-state index in [1.54, 1.807) is 9.80 Å². The summed E-state index contributed by atoms with van der Waals surface area (Å²) in [5.74, 6) is -1.43. The minimum atomic E-state index is -1.12. The lowest BCUT2D eigenvalue weighted by Crippen LogP contribution is -2.59. The summed E-state index contributed by atoms with van der Waals surface area (Å²) in [5.41, 5.74) is 2.01. The summed E-state index contributed by atoms with van der Waals surface area (Å²) in [6.07, 6.45) is 0. The number of amides is 1. The molecule has 2 aromatic rings. The van der Waals surface area contributed by atoms with Crippen LogP contribution in [0.2, 0.25) is 0 Å². The van der Waals surface area contributed by atoms with Crippen molar-refractivity contribution in [1.82, 2.24) is 9.80 Å². The molecule has 5 heteroatoms. The second kappa shape index (κ2) is 7.27. The lowest BCUT2D eigenvalue weighted by atomic mass is 10.1. The summed E-state index contributed by atoms with van der Waals surface area (Å²) in [5, 5.41) is 9.55. The van der Waals surface area contributed by atoms with Crippen LogP contribution in [-0.2, 0) is 22.7 Å². The Morgan fingerprint density at radius 2 is 1.46 bits per heavy atom. The van der Waals surface area contributed by atoms with Crippen molar-refractivity contribution in [2.75, 3.05) is 13.1 Å². The van der Waals surface area contributed by atoms with Gasteiger partial charge in [0.2, 0.25) is 0 Å². The Morgan fingerprint density at radius 1 is 0.917 bits per heavy atom. The summed E-state index contributed by atoms with van der Waals surface area (Å²) >= 11 is 0. The van der Waals surface area contributed by atoms with E-state index in [1.807, 2.05) is 60.7 Å². The van der Waals surface area contributed by atoms with E-state index in [4.69, 9.17) is 0 Å². The fourth-order valence-corrected chi connectivity index (χ4v) is 3.03.